The predicted molar refractivity (Wildman–Crippen MR) is 33.8 cm³/mol. The molecule has 1 atom stereocenters. The van der Waals surface area contributed by atoms with E-state index in [9.17, 15) is 0 Å². The topological polar surface area (TPSA) is 21.6 Å². The summed E-state index contributed by atoms with van der Waals surface area (Å²) in [4.78, 5) is 0. The first-order valence-corrected chi connectivity index (χ1v) is 3.49. The summed E-state index contributed by atoms with van der Waals surface area (Å²) >= 11 is 0. The van der Waals surface area contributed by atoms with E-state index in [4.69, 9.17) is 4.28 Å². The third-order valence-corrected chi connectivity index (χ3v) is 1.69. The van der Waals surface area contributed by atoms with E-state index in [1.165, 1.54) is 0 Å². The van der Waals surface area contributed by atoms with E-state index in [1.54, 1.807) is 0 Å². The Morgan fingerprint density at radius 1 is 2.00 bits per heavy atom. The number of rotatable bonds is 0. The minimum Gasteiger partial charge on any atom is -0.331 e. The van der Waals surface area contributed by atoms with E-state index in [2.05, 4.69) is 11.0 Å². The Labute approximate surface area is 45.3 Å². The second-order valence-corrected chi connectivity index (χ2v) is 2.80. The van der Waals surface area contributed by atoms with Gasteiger partial charge in [-0.3, -0.25) is 0 Å². The van der Waals surface area contributed by atoms with Crippen LogP contribution in [0.3, 0.4) is 0 Å². The van der Waals surface area contributed by atoms with Crippen LogP contribution in [-0.2, 0) is 4.28 Å². The van der Waals surface area contributed by atoms with Gasteiger partial charge in [0.05, 0.1) is 11.5 Å². The second kappa shape index (κ2) is 1.66. The van der Waals surface area contributed by atoms with E-state index in [-0.39, 0.29) is 10.8 Å². The Morgan fingerprint density at radius 2 is 2.71 bits per heavy atom. The lowest BCUT2D eigenvalue weighted by Gasteiger charge is -1.85. The van der Waals surface area contributed by atoms with Crippen molar-refractivity contribution in [1.29, 1.82) is 0 Å². The van der Waals surface area contributed by atoms with Gasteiger partial charge in [-0.05, 0) is 12.8 Å². The number of nitrogens with zero attached hydrogens (tertiary/aromatic N) is 1. The van der Waals surface area contributed by atoms with E-state index >= 15 is 0 Å². The van der Waals surface area contributed by atoms with Crippen LogP contribution < -0.4 is 0 Å². The van der Waals surface area contributed by atoms with Crippen molar-refractivity contribution >= 4 is 22.3 Å². The molecule has 40 valence electrons. The number of hydrogen-bond donors (Lipinski definition) is 0. The molecular weight excluding hydrogens is 110 g/mol. The van der Waals surface area contributed by atoms with Crippen molar-refractivity contribution in [2.24, 2.45) is 5.16 Å². The van der Waals surface area contributed by atoms with Crippen LogP contribution in [0.15, 0.2) is 5.16 Å². The van der Waals surface area contributed by atoms with Crippen LogP contribution in [-0.4, -0.2) is 17.3 Å². The van der Waals surface area contributed by atoms with Crippen molar-refractivity contribution in [2.75, 3.05) is 5.75 Å². The Hall–Kier alpha value is -0.310. The third kappa shape index (κ3) is 1.03. The van der Waals surface area contributed by atoms with Crippen LogP contribution >= 0.6 is 10.8 Å². The highest BCUT2D eigenvalue weighted by Crippen LogP contribution is 2.17. The molecule has 1 heterocycles. The lowest BCUT2D eigenvalue weighted by atomic mass is 10.5. The maximum absolute atomic E-state index is 4.77. The Balaban J connectivity index is 2.58. The monoisotopic (exact) mass is 117 g/mol. The van der Waals surface area contributed by atoms with Gasteiger partial charge in [-0.2, -0.15) is 0 Å². The summed E-state index contributed by atoms with van der Waals surface area (Å²) < 4.78 is 4.77. The van der Waals surface area contributed by atoms with Crippen molar-refractivity contribution in [3.63, 3.8) is 0 Å². The highest BCUT2D eigenvalue weighted by Gasteiger charge is 2.03. The highest BCUT2D eigenvalue weighted by molar-refractivity contribution is 8.10. The maximum atomic E-state index is 4.77. The first-order valence-electron chi connectivity index (χ1n) is 2.00. The Morgan fingerprint density at radius 3 is 2.86 bits per heavy atom. The Bertz CT molecular complexity index is 130. The molecule has 0 aromatic heterocycles. The molecule has 1 aliphatic rings. The van der Waals surface area contributed by atoms with Crippen molar-refractivity contribution in [2.45, 2.75) is 6.92 Å². The summed E-state index contributed by atoms with van der Waals surface area (Å²) in [6.07, 6.45) is 0. The predicted octanol–water partition coefficient (Wildman–Crippen LogP) is 1.01. The fourth-order valence-corrected chi connectivity index (χ4v) is 1.21. The van der Waals surface area contributed by atoms with Gasteiger partial charge in [0.15, 0.2) is 0 Å². The van der Waals surface area contributed by atoms with Gasteiger partial charge in [0.2, 0.25) is 0 Å². The van der Waals surface area contributed by atoms with Gasteiger partial charge in [0, 0.05) is 10.8 Å². The zero-order chi connectivity index (χ0) is 5.28. The molecule has 0 bridgehead atoms. The molecule has 0 saturated carbocycles. The van der Waals surface area contributed by atoms with Crippen molar-refractivity contribution in [3.05, 3.63) is 0 Å². The lowest BCUT2D eigenvalue weighted by Crippen LogP contribution is -1.86. The first-order chi connectivity index (χ1) is 3.29. The van der Waals surface area contributed by atoms with Gasteiger partial charge in [0.25, 0.3) is 0 Å². The van der Waals surface area contributed by atoms with Crippen molar-refractivity contribution in [3.8, 4) is 0 Å². The smallest absolute Gasteiger partial charge is 0.0683 e. The highest BCUT2D eigenvalue weighted by atomic mass is 32.2. The van der Waals surface area contributed by atoms with Gasteiger partial charge in [0.1, 0.15) is 0 Å². The van der Waals surface area contributed by atoms with Crippen LogP contribution in [0.4, 0.5) is 0 Å². The zero-order valence-corrected chi connectivity index (χ0v) is 4.99. The molecule has 1 aliphatic heterocycles. The molecule has 0 N–H and O–H groups in total. The van der Waals surface area contributed by atoms with Crippen LogP contribution in [0.2, 0.25) is 0 Å². The summed E-state index contributed by atoms with van der Waals surface area (Å²) in [6.45, 7) is 1.94. The fourth-order valence-electron chi connectivity index (χ4n) is 0.402. The molecule has 0 fully saturated rings. The molecule has 1 unspecified atom stereocenters. The molecule has 0 radical (unpaired) electrons. The molecule has 3 heteroatoms. The summed E-state index contributed by atoms with van der Waals surface area (Å²) in [5, 5.41) is 3.68. The van der Waals surface area contributed by atoms with Gasteiger partial charge in [-0.25, -0.2) is 0 Å². The largest absolute Gasteiger partial charge is 0.331 e. The summed E-state index contributed by atoms with van der Waals surface area (Å²) in [6, 6.07) is 0. The summed E-state index contributed by atoms with van der Waals surface area (Å²) in [7, 11) is -0.157. The van der Waals surface area contributed by atoms with Crippen LogP contribution in [0.25, 0.3) is 0 Å². The first kappa shape index (κ1) is 4.84. The average Bonchev–Trinajstić information content (AvgIpc) is 1.87. The minimum atomic E-state index is -0.157. The van der Waals surface area contributed by atoms with Crippen LogP contribution in [0.5, 0.6) is 0 Å². The summed E-state index contributed by atoms with van der Waals surface area (Å²) in [5.41, 5.74) is 1.05. The van der Waals surface area contributed by atoms with Crippen molar-refractivity contribution in [1.82, 2.24) is 0 Å². The average molecular weight is 117 g/mol. The van der Waals surface area contributed by atoms with Gasteiger partial charge < -0.3 is 4.28 Å². The molecule has 0 spiro atoms. The van der Waals surface area contributed by atoms with E-state index < -0.39 is 0 Å². The van der Waals surface area contributed by atoms with Crippen LogP contribution in [0.1, 0.15) is 6.92 Å². The van der Waals surface area contributed by atoms with Crippen LogP contribution in [0, 0.1) is 0 Å². The molecular formula is C4H7NOS. The third-order valence-electron chi connectivity index (χ3n) is 0.668. The standard InChI is InChI=1S/C4H7NOS/c1-4-3-7(2)6-5-4/h2-3H2,1H3. The summed E-state index contributed by atoms with van der Waals surface area (Å²) in [5.74, 6) is 4.60. The number of oxime groups is 1. The second-order valence-electron chi connectivity index (χ2n) is 1.49. The molecule has 0 aromatic rings. The lowest BCUT2D eigenvalue weighted by molar-refractivity contribution is 0.414. The quantitative estimate of drug-likeness (QED) is 0.434. The fraction of sp³-hybridized carbons (Fsp3) is 0.500. The molecule has 7 heavy (non-hydrogen) atoms. The zero-order valence-electron chi connectivity index (χ0n) is 4.18. The number of hydrogen-bond acceptors (Lipinski definition) is 2. The van der Waals surface area contributed by atoms with Gasteiger partial charge in [-0.1, -0.05) is 5.16 Å². The van der Waals surface area contributed by atoms with E-state index in [0.29, 0.717) is 0 Å². The molecule has 0 aliphatic carbocycles. The SMILES string of the molecule is C=S1CC(C)=NO1. The maximum Gasteiger partial charge on any atom is 0.0683 e. The molecule has 0 saturated heterocycles. The molecule has 1 rings (SSSR count). The molecule has 0 aromatic carbocycles. The van der Waals surface area contributed by atoms with Crippen molar-refractivity contribution < 1.29 is 4.28 Å². The van der Waals surface area contributed by atoms with Gasteiger partial charge in [-0.15, -0.1) is 0 Å². The van der Waals surface area contributed by atoms with E-state index in [0.717, 1.165) is 11.5 Å². The van der Waals surface area contributed by atoms with E-state index in [1.807, 2.05) is 6.92 Å². The Kier molecular flexibility index (Phi) is 1.15. The minimum absolute atomic E-state index is 0.157. The normalized spacial score (nSPS) is 29.3. The molecule has 2 nitrogen and oxygen atoms in total. The molecule has 0 amide bonds. The van der Waals surface area contributed by atoms with Gasteiger partial charge >= 0.3 is 0 Å².